The van der Waals surface area contributed by atoms with Crippen LogP contribution in [0.15, 0.2) is 0 Å². The van der Waals surface area contributed by atoms with Crippen molar-refractivity contribution in [1.29, 1.82) is 0 Å². The monoisotopic (exact) mass is 134 g/mol. The minimum Gasteiger partial charge on any atom is -0.0926 e. The van der Waals surface area contributed by atoms with Crippen LogP contribution in [-0.2, 0) is 0 Å². The molecule has 0 nitrogen and oxygen atoms in total. The summed E-state index contributed by atoms with van der Waals surface area (Å²) in [6.07, 6.45) is 6.05. The van der Waals surface area contributed by atoms with Gasteiger partial charge in [-0.2, -0.15) is 0 Å². The number of rotatable bonds is 0. The molecular weight excluding hydrogens is 118 g/mol. The van der Waals surface area contributed by atoms with Crippen LogP contribution in [0.1, 0.15) is 20.3 Å². The van der Waals surface area contributed by atoms with Crippen molar-refractivity contribution in [2.24, 2.45) is 5.41 Å². The van der Waals surface area contributed by atoms with E-state index in [0.29, 0.717) is 5.41 Å². The zero-order valence-electron chi connectivity index (χ0n) is 7.19. The summed E-state index contributed by atoms with van der Waals surface area (Å²) in [6, 6.07) is 0. The molecule has 0 amide bonds. The first-order chi connectivity index (χ1) is 4.67. The van der Waals surface area contributed by atoms with Crippen molar-refractivity contribution in [2.45, 2.75) is 44.9 Å². The lowest BCUT2D eigenvalue weighted by Gasteiger charge is -2.22. The molecule has 0 N–H and O–H groups in total. The zero-order chi connectivity index (χ0) is 7.19. The first kappa shape index (κ1) is 6.82. The topological polar surface area (TPSA) is 0 Å². The molecule has 2 aliphatic rings. The molecule has 2 saturated heterocycles. The molecule has 2 aliphatic heterocycles. The van der Waals surface area contributed by atoms with Gasteiger partial charge in [0.05, 0.1) is 0 Å². The van der Waals surface area contributed by atoms with Gasteiger partial charge in [-0.1, -0.05) is 44.9 Å². The second-order valence-electron chi connectivity index (χ2n) is 5.00. The van der Waals surface area contributed by atoms with Crippen molar-refractivity contribution < 1.29 is 0 Å². The predicted octanol–water partition coefficient (Wildman–Crippen LogP) is 2.11. The van der Waals surface area contributed by atoms with Crippen LogP contribution in [-0.4, -0.2) is 14.0 Å². The molecule has 0 saturated carbocycles. The van der Waals surface area contributed by atoms with Gasteiger partial charge in [-0.25, -0.2) is 0 Å². The quantitative estimate of drug-likeness (QED) is 0.445. The van der Waals surface area contributed by atoms with Crippen LogP contribution in [0.4, 0.5) is 0 Å². The lowest BCUT2D eigenvalue weighted by molar-refractivity contribution is 0.397. The molecule has 1 unspecified atom stereocenters. The highest BCUT2D eigenvalue weighted by Crippen LogP contribution is 2.47. The minimum atomic E-state index is 0.674. The normalized spacial score (nSPS) is 35.8. The highest BCUT2D eigenvalue weighted by Gasteiger charge is 2.44. The summed E-state index contributed by atoms with van der Waals surface area (Å²) in [5, 5.41) is 0. The van der Waals surface area contributed by atoms with Crippen molar-refractivity contribution >= 4 is 14.0 Å². The molecule has 0 aliphatic carbocycles. The van der Waals surface area contributed by atoms with E-state index in [-0.39, 0.29) is 0 Å². The highest BCUT2D eigenvalue weighted by atomic mass is 14.2. The van der Waals surface area contributed by atoms with Gasteiger partial charge in [-0.15, -0.1) is 0 Å². The van der Waals surface area contributed by atoms with E-state index in [1.807, 2.05) is 0 Å². The molecule has 2 heterocycles. The van der Waals surface area contributed by atoms with E-state index < -0.39 is 0 Å². The van der Waals surface area contributed by atoms with Crippen LogP contribution in [0.25, 0.3) is 0 Å². The molecule has 0 radical (unpaired) electrons. The molecule has 1 atom stereocenters. The standard InChI is InChI=1S/C8H16B2/c1-8(2)3-4-10-5-7(10)9-6-8/h7,9H,3-6H2,1-2H3. The van der Waals surface area contributed by atoms with E-state index in [9.17, 15) is 0 Å². The van der Waals surface area contributed by atoms with Gasteiger partial charge < -0.3 is 0 Å². The third-order valence-corrected chi connectivity index (χ3v) is 3.45. The molecule has 0 aromatic rings. The Balaban J connectivity index is 1.96. The van der Waals surface area contributed by atoms with Gasteiger partial charge in [-0.3, -0.25) is 0 Å². The maximum Gasteiger partial charge on any atom is 0.133 e. The Morgan fingerprint density at radius 3 is 3.10 bits per heavy atom. The van der Waals surface area contributed by atoms with Crippen molar-refractivity contribution in [3.05, 3.63) is 0 Å². The molecule has 10 heavy (non-hydrogen) atoms. The Labute approximate surface area is 65.1 Å². The smallest absolute Gasteiger partial charge is 0.0926 e. The summed E-state index contributed by atoms with van der Waals surface area (Å²) in [7, 11) is 1.53. The van der Waals surface area contributed by atoms with Gasteiger partial charge in [-0.05, 0) is 5.41 Å². The van der Waals surface area contributed by atoms with Gasteiger partial charge in [0.25, 0.3) is 0 Å². The van der Waals surface area contributed by atoms with Crippen LogP contribution in [0.5, 0.6) is 0 Å². The SMILES string of the molecule is CC1(C)CBC2CB2CC1. The largest absolute Gasteiger partial charge is 0.133 e. The van der Waals surface area contributed by atoms with Gasteiger partial charge in [0.2, 0.25) is 0 Å². The van der Waals surface area contributed by atoms with Crippen LogP contribution in [0, 0.1) is 5.41 Å². The van der Waals surface area contributed by atoms with E-state index in [1.54, 1.807) is 6.32 Å². The summed E-state index contributed by atoms with van der Waals surface area (Å²) >= 11 is 0. The predicted molar refractivity (Wildman–Crippen MR) is 49.5 cm³/mol. The third kappa shape index (κ3) is 1.26. The Morgan fingerprint density at radius 1 is 1.50 bits per heavy atom. The second-order valence-corrected chi connectivity index (χ2v) is 5.00. The van der Waals surface area contributed by atoms with E-state index in [0.717, 1.165) is 12.4 Å². The lowest BCUT2D eigenvalue weighted by Crippen LogP contribution is -2.11. The molecular formula is C8H16B2. The maximum atomic E-state index is 2.43. The second kappa shape index (κ2) is 2.06. The molecule has 2 rings (SSSR count). The number of hydrogen-bond acceptors (Lipinski definition) is 0. The van der Waals surface area contributed by atoms with Crippen LogP contribution >= 0.6 is 0 Å². The average molecular weight is 134 g/mol. The average Bonchev–Trinajstić information content (AvgIpc) is 2.56. The van der Waals surface area contributed by atoms with E-state index in [4.69, 9.17) is 0 Å². The fourth-order valence-corrected chi connectivity index (χ4v) is 2.29. The Morgan fingerprint density at radius 2 is 2.30 bits per heavy atom. The number of hydrogen-bond donors (Lipinski definition) is 0. The van der Waals surface area contributed by atoms with Crippen LogP contribution < -0.4 is 0 Å². The molecule has 54 valence electrons. The summed E-state index contributed by atoms with van der Waals surface area (Å²) in [6.45, 7) is 6.01. The Hall–Kier alpha value is 0.130. The summed E-state index contributed by atoms with van der Waals surface area (Å²) < 4.78 is 0. The molecule has 2 fully saturated rings. The molecule has 0 aromatic heterocycles. The molecule has 0 bridgehead atoms. The third-order valence-electron chi connectivity index (χ3n) is 3.45. The summed E-state index contributed by atoms with van der Waals surface area (Å²) in [5.74, 6) is 0. The van der Waals surface area contributed by atoms with Gasteiger partial charge in [0.1, 0.15) is 14.0 Å². The van der Waals surface area contributed by atoms with E-state index >= 15 is 0 Å². The van der Waals surface area contributed by atoms with Crippen molar-refractivity contribution in [3.63, 3.8) is 0 Å². The van der Waals surface area contributed by atoms with E-state index in [2.05, 4.69) is 13.8 Å². The van der Waals surface area contributed by atoms with Gasteiger partial charge in [0.15, 0.2) is 0 Å². The molecule has 0 aromatic carbocycles. The Kier molecular flexibility index (Phi) is 1.40. The van der Waals surface area contributed by atoms with E-state index in [1.165, 1.54) is 26.3 Å². The molecule has 0 spiro atoms. The first-order valence-electron chi connectivity index (χ1n) is 4.67. The fraction of sp³-hybridized carbons (Fsp3) is 1.00. The van der Waals surface area contributed by atoms with Gasteiger partial charge >= 0.3 is 0 Å². The summed E-state index contributed by atoms with van der Waals surface area (Å²) in [5.41, 5.74) is 1.83. The van der Waals surface area contributed by atoms with Crippen LogP contribution in [0.3, 0.4) is 0 Å². The molecule has 2 heteroatoms. The lowest BCUT2D eigenvalue weighted by atomic mass is 9.53. The Bertz CT molecular complexity index is 128. The fourth-order valence-electron chi connectivity index (χ4n) is 2.29. The van der Waals surface area contributed by atoms with Crippen LogP contribution in [0.2, 0.25) is 24.7 Å². The summed E-state index contributed by atoms with van der Waals surface area (Å²) in [4.78, 5) is 0. The number of fused-ring (bicyclic) bond motifs is 1. The van der Waals surface area contributed by atoms with Gasteiger partial charge in [0, 0.05) is 0 Å². The minimum absolute atomic E-state index is 0.674. The maximum absolute atomic E-state index is 2.43. The zero-order valence-corrected chi connectivity index (χ0v) is 7.19. The highest BCUT2D eigenvalue weighted by molar-refractivity contribution is 6.83. The van der Waals surface area contributed by atoms with Crippen molar-refractivity contribution in [1.82, 2.24) is 0 Å². The van der Waals surface area contributed by atoms with Crippen molar-refractivity contribution in [2.75, 3.05) is 0 Å². The first-order valence-corrected chi connectivity index (χ1v) is 4.67. The van der Waals surface area contributed by atoms with Crippen molar-refractivity contribution in [3.8, 4) is 0 Å².